The Labute approximate surface area is 104 Å². The maximum absolute atomic E-state index is 13.5. The molecule has 1 aromatic rings. The van der Waals surface area contributed by atoms with E-state index in [0.717, 1.165) is 18.2 Å². The predicted octanol–water partition coefficient (Wildman–Crippen LogP) is 3.29. The lowest BCUT2D eigenvalue weighted by atomic mass is 10.2. The summed E-state index contributed by atoms with van der Waals surface area (Å²) < 4.78 is 13.5. The first kappa shape index (κ1) is 13.8. The molecule has 0 spiro atoms. The highest BCUT2D eigenvalue weighted by molar-refractivity contribution is 7.98. The summed E-state index contributed by atoms with van der Waals surface area (Å²) in [5.74, 6) is 0.401. The van der Waals surface area contributed by atoms with E-state index < -0.39 is 10.7 Å². The Hall–Kier alpha value is -1.30. The summed E-state index contributed by atoms with van der Waals surface area (Å²) >= 11 is 1.73. The number of thioether (sulfide) groups is 1. The Kier molecular flexibility index (Phi) is 5.21. The van der Waals surface area contributed by atoms with Crippen molar-refractivity contribution in [2.24, 2.45) is 0 Å². The van der Waals surface area contributed by atoms with E-state index in [1.165, 1.54) is 12.1 Å². The van der Waals surface area contributed by atoms with Crippen LogP contribution in [0.5, 0.6) is 0 Å². The van der Waals surface area contributed by atoms with Crippen molar-refractivity contribution < 1.29 is 9.31 Å². The third-order valence-electron chi connectivity index (χ3n) is 2.32. The van der Waals surface area contributed by atoms with E-state index in [9.17, 15) is 14.5 Å². The highest BCUT2D eigenvalue weighted by Crippen LogP contribution is 2.21. The summed E-state index contributed by atoms with van der Waals surface area (Å²) in [5, 5.41) is 13.4. The molecule has 1 N–H and O–H groups in total. The van der Waals surface area contributed by atoms with E-state index in [1.54, 1.807) is 11.8 Å². The van der Waals surface area contributed by atoms with E-state index in [-0.39, 0.29) is 11.7 Å². The molecule has 0 aliphatic heterocycles. The minimum atomic E-state index is -0.607. The molecule has 0 aromatic heterocycles. The molecular weight excluding hydrogens is 243 g/mol. The molecule has 0 aliphatic rings. The van der Waals surface area contributed by atoms with Gasteiger partial charge in [0.2, 0.25) is 0 Å². The zero-order valence-corrected chi connectivity index (χ0v) is 10.6. The molecule has 0 saturated carbocycles. The molecule has 94 valence electrons. The largest absolute Gasteiger partial charge is 0.380 e. The zero-order valence-electron chi connectivity index (χ0n) is 9.77. The molecule has 0 heterocycles. The summed E-state index contributed by atoms with van der Waals surface area (Å²) in [7, 11) is 0. The highest BCUT2D eigenvalue weighted by Gasteiger charge is 2.11. The minimum Gasteiger partial charge on any atom is -0.380 e. The standard InChI is InChI=1S/C11H15FN2O2S/c1-8(5-6-17-2)13-11-4-3-9(14(15)16)7-10(11)12/h3-4,7-8,13H,5-6H2,1-2H3. The van der Waals surface area contributed by atoms with Gasteiger partial charge in [-0.2, -0.15) is 11.8 Å². The van der Waals surface area contributed by atoms with Crippen molar-refractivity contribution >= 4 is 23.1 Å². The molecule has 1 rings (SSSR count). The van der Waals surface area contributed by atoms with Crippen LogP contribution in [0.15, 0.2) is 18.2 Å². The monoisotopic (exact) mass is 258 g/mol. The third-order valence-corrected chi connectivity index (χ3v) is 2.96. The van der Waals surface area contributed by atoms with Crippen molar-refractivity contribution in [2.75, 3.05) is 17.3 Å². The van der Waals surface area contributed by atoms with Crippen LogP contribution in [0.3, 0.4) is 0 Å². The Morgan fingerprint density at radius 3 is 2.82 bits per heavy atom. The van der Waals surface area contributed by atoms with Crippen molar-refractivity contribution in [3.63, 3.8) is 0 Å². The Balaban J connectivity index is 2.69. The molecule has 4 nitrogen and oxygen atoms in total. The molecule has 17 heavy (non-hydrogen) atoms. The number of nitrogens with zero attached hydrogens (tertiary/aromatic N) is 1. The summed E-state index contributed by atoms with van der Waals surface area (Å²) in [4.78, 5) is 9.84. The number of non-ortho nitro benzene ring substituents is 1. The second-order valence-electron chi connectivity index (χ2n) is 3.75. The maximum atomic E-state index is 13.5. The van der Waals surface area contributed by atoms with Crippen LogP contribution < -0.4 is 5.32 Å². The second-order valence-corrected chi connectivity index (χ2v) is 4.73. The first-order chi connectivity index (χ1) is 8.04. The normalized spacial score (nSPS) is 12.2. The molecule has 1 unspecified atom stereocenters. The SMILES string of the molecule is CSCCC(C)Nc1ccc([N+](=O)[O-])cc1F. The number of hydrogen-bond acceptors (Lipinski definition) is 4. The second kappa shape index (κ2) is 6.44. The minimum absolute atomic E-state index is 0.137. The van der Waals surface area contributed by atoms with Gasteiger partial charge >= 0.3 is 0 Å². The van der Waals surface area contributed by atoms with Crippen molar-refractivity contribution in [3.05, 3.63) is 34.1 Å². The number of anilines is 1. The van der Waals surface area contributed by atoms with Crippen LogP contribution in [0.2, 0.25) is 0 Å². The third kappa shape index (κ3) is 4.22. The van der Waals surface area contributed by atoms with Gasteiger partial charge in [0, 0.05) is 12.1 Å². The highest BCUT2D eigenvalue weighted by atomic mass is 32.2. The lowest BCUT2D eigenvalue weighted by molar-refractivity contribution is -0.385. The van der Waals surface area contributed by atoms with Crippen molar-refractivity contribution in [2.45, 2.75) is 19.4 Å². The van der Waals surface area contributed by atoms with Gasteiger partial charge in [0.1, 0.15) is 0 Å². The predicted molar refractivity (Wildman–Crippen MR) is 69.1 cm³/mol. The molecule has 6 heteroatoms. The number of nitro groups is 1. The Bertz CT molecular complexity index is 401. The van der Waals surface area contributed by atoms with Gasteiger partial charge in [-0.05, 0) is 31.4 Å². The van der Waals surface area contributed by atoms with Crippen LogP contribution in [-0.4, -0.2) is 23.0 Å². The lowest BCUT2D eigenvalue weighted by Gasteiger charge is -2.14. The number of nitro benzene ring substituents is 1. The fraction of sp³-hybridized carbons (Fsp3) is 0.455. The number of halogens is 1. The van der Waals surface area contributed by atoms with Gasteiger partial charge in [-0.3, -0.25) is 10.1 Å². The lowest BCUT2D eigenvalue weighted by Crippen LogP contribution is -2.16. The first-order valence-corrected chi connectivity index (χ1v) is 6.63. The van der Waals surface area contributed by atoms with Gasteiger partial charge in [0.25, 0.3) is 5.69 Å². The van der Waals surface area contributed by atoms with Crippen LogP contribution in [0.25, 0.3) is 0 Å². The van der Waals surface area contributed by atoms with Gasteiger partial charge in [-0.25, -0.2) is 4.39 Å². The fourth-order valence-corrected chi connectivity index (χ4v) is 1.96. The van der Waals surface area contributed by atoms with Crippen molar-refractivity contribution in [1.29, 1.82) is 0 Å². The average molecular weight is 258 g/mol. The van der Waals surface area contributed by atoms with E-state index in [1.807, 2.05) is 13.2 Å². The van der Waals surface area contributed by atoms with Gasteiger partial charge in [0.05, 0.1) is 16.7 Å². The average Bonchev–Trinajstić information content (AvgIpc) is 2.28. The molecule has 0 saturated heterocycles. The van der Waals surface area contributed by atoms with Crippen LogP contribution in [-0.2, 0) is 0 Å². The number of nitrogens with one attached hydrogen (secondary N) is 1. The van der Waals surface area contributed by atoms with Crippen LogP contribution >= 0.6 is 11.8 Å². The van der Waals surface area contributed by atoms with Crippen molar-refractivity contribution in [1.82, 2.24) is 0 Å². The van der Waals surface area contributed by atoms with Gasteiger partial charge in [0.15, 0.2) is 5.82 Å². The Morgan fingerprint density at radius 2 is 2.29 bits per heavy atom. The van der Waals surface area contributed by atoms with Crippen molar-refractivity contribution in [3.8, 4) is 0 Å². The summed E-state index contributed by atoms with van der Waals surface area (Å²) in [6.07, 6.45) is 2.93. The Morgan fingerprint density at radius 1 is 1.59 bits per heavy atom. The van der Waals surface area contributed by atoms with E-state index in [4.69, 9.17) is 0 Å². The van der Waals surface area contributed by atoms with Gasteiger partial charge in [-0.15, -0.1) is 0 Å². The molecule has 1 atom stereocenters. The molecule has 1 aromatic carbocycles. The summed E-state index contributed by atoms with van der Waals surface area (Å²) in [5.41, 5.74) is 0.0778. The zero-order chi connectivity index (χ0) is 12.8. The van der Waals surface area contributed by atoms with Crippen LogP contribution in [0.1, 0.15) is 13.3 Å². The van der Waals surface area contributed by atoms with E-state index >= 15 is 0 Å². The van der Waals surface area contributed by atoms with Gasteiger partial charge < -0.3 is 5.32 Å². The molecule has 0 radical (unpaired) electrons. The number of hydrogen-bond donors (Lipinski definition) is 1. The molecule has 0 bridgehead atoms. The topological polar surface area (TPSA) is 55.2 Å². The molecule has 0 aliphatic carbocycles. The van der Waals surface area contributed by atoms with E-state index in [2.05, 4.69) is 5.32 Å². The molecule has 0 amide bonds. The molecule has 0 fully saturated rings. The maximum Gasteiger partial charge on any atom is 0.272 e. The van der Waals surface area contributed by atoms with E-state index in [0.29, 0.717) is 5.69 Å². The number of rotatable bonds is 6. The molecular formula is C11H15FN2O2S. The quantitative estimate of drug-likeness (QED) is 0.628. The van der Waals surface area contributed by atoms with Crippen LogP contribution in [0, 0.1) is 15.9 Å². The number of benzene rings is 1. The summed E-state index contributed by atoms with van der Waals surface area (Å²) in [6, 6.07) is 3.78. The van der Waals surface area contributed by atoms with Crippen LogP contribution in [0.4, 0.5) is 15.8 Å². The smallest absolute Gasteiger partial charge is 0.272 e. The first-order valence-electron chi connectivity index (χ1n) is 5.24. The van der Waals surface area contributed by atoms with Gasteiger partial charge in [-0.1, -0.05) is 0 Å². The fourth-order valence-electron chi connectivity index (χ4n) is 1.37. The summed E-state index contributed by atoms with van der Waals surface area (Å²) in [6.45, 7) is 1.96.